The molecule has 0 saturated heterocycles. The van der Waals surface area contributed by atoms with Crippen LogP contribution in [0, 0.1) is 6.92 Å². The number of anilines is 1. The molecule has 0 radical (unpaired) electrons. The molecular formula is C19H27FN2O3. The van der Waals surface area contributed by atoms with Gasteiger partial charge in [0.05, 0.1) is 39.6 Å². The predicted molar refractivity (Wildman–Crippen MR) is 100 cm³/mol. The molecule has 6 heteroatoms. The van der Waals surface area contributed by atoms with Crippen molar-refractivity contribution in [2.24, 2.45) is 0 Å². The number of aryl methyl sites for hydroxylation is 1. The first-order valence-electron chi connectivity index (χ1n) is 8.52. The summed E-state index contributed by atoms with van der Waals surface area (Å²) in [4.78, 5) is 3.40. The highest BCUT2D eigenvalue weighted by Gasteiger charge is 2.05. The van der Waals surface area contributed by atoms with Gasteiger partial charge in [-0.05, 0) is 19.1 Å². The van der Waals surface area contributed by atoms with Crippen LogP contribution in [0.4, 0.5) is 10.1 Å². The summed E-state index contributed by atoms with van der Waals surface area (Å²) in [6.07, 6.45) is 4.09. The summed E-state index contributed by atoms with van der Waals surface area (Å²) in [5, 5.41) is 4.34. The smallest absolute Gasteiger partial charge is 0.113 e. The third-order valence-electron chi connectivity index (χ3n) is 3.79. The minimum Gasteiger partial charge on any atom is -0.388 e. The maximum absolute atomic E-state index is 11.8. The van der Waals surface area contributed by atoms with Crippen LogP contribution in [-0.4, -0.2) is 58.3 Å². The number of halogens is 1. The van der Waals surface area contributed by atoms with Crippen LogP contribution in [0.1, 0.15) is 11.3 Å². The molecule has 0 saturated carbocycles. The minimum absolute atomic E-state index is 0.133. The molecule has 1 aromatic heterocycles. The summed E-state index contributed by atoms with van der Waals surface area (Å²) >= 11 is 0. The standard InChI is InChI=1S/C19H27FN2O3/c1-15-17(18-6-5-16(21-2)14-19(18)22-15)4-3-8-23-10-12-25-13-11-24-9-7-20/h3-6,14,21-22H,7-13H2,1-2H3/b4-3-. The maximum Gasteiger partial charge on any atom is 0.113 e. The molecule has 2 N–H and O–H groups in total. The molecule has 1 aromatic carbocycles. The summed E-state index contributed by atoms with van der Waals surface area (Å²) in [5.41, 5.74) is 4.52. The van der Waals surface area contributed by atoms with E-state index in [9.17, 15) is 4.39 Å². The van der Waals surface area contributed by atoms with Crippen LogP contribution in [0.3, 0.4) is 0 Å². The Bertz CT molecular complexity index is 670. The summed E-state index contributed by atoms with van der Waals surface area (Å²) < 4.78 is 27.6. The van der Waals surface area contributed by atoms with Gasteiger partial charge >= 0.3 is 0 Å². The largest absolute Gasteiger partial charge is 0.388 e. The first-order chi connectivity index (χ1) is 12.3. The van der Waals surface area contributed by atoms with Crippen LogP contribution in [0.25, 0.3) is 17.0 Å². The Hall–Kier alpha value is -1.89. The van der Waals surface area contributed by atoms with Crippen molar-refractivity contribution in [2.45, 2.75) is 6.92 Å². The third kappa shape index (κ3) is 6.16. The lowest BCUT2D eigenvalue weighted by atomic mass is 10.1. The van der Waals surface area contributed by atoms with Crippen molar-refractivity contribution in [1.82, 2.24) is 4.98 Å². The highest BCUT2D eigenvalue weighted by atomic mass is 19.1. The molecule has 0 aliphatic heterocycles. The van der Waals surface area contributed by atoms with Gasteiger partial charge in [-0.15, -0.1) is 0 Å². The Labute approximate surface area is 148 Å². The predicted octanol–water partition coefficient (Wildman–Crippen LogP) is 3.55. The normalized spacial score (nSPS) is 11.6. The number of hydrogen-bond donors (Lipinski definition) is 2. The van der Waals surface area contributed by atoms with Crippen molar-refractivity contribution in [3.05, 3.63) is 35.5 Å². The van der Waals surface area contributed by atoms with E-state index in [1.807, 2.05) is 13.1 Å². The molecule has 0 bridgehead atoms. The Morgan fingerprint density at radius 1 is 1.08 bits per heavy atom. The van der Waals surface area contributed by atoms with Crippen molar-refractivity contribution in [3.63, 3.8) is 0 Å². The van der Waals surface area contributed by atoms with Gasteiger partial charge in [0.1, 0.15) is 6.67 Å². The van der Waals surface area contributed by atoms with Gasteiger partial charge < -0.3 is 24.5 Å². The maximum atomic E-state index is 11.8. The molecule has 2 aromatic rings. The van der Waals surface area contributed by atoms with E-state index in [1.54, 1.807) is 0 Å². The number of nitrogens with one attached hydrogen (secondary N) is 2. The van der Waals surface area contributed by atoms with E-state index in [0.29, 0.717) is 33.0 Å². The molecule has 0 aliphatic rings. The average molecular weight is 350 g/mol. The molecule has 0 amide bonds. The lowest BCUT2D eigenvalue weighted by Gasteiger charge is -2.04. The van der Waals surface area contributed by atoms with Crippen molar-refractivity contribution in [1.29, 1.82) is 0 Å². The van der Waals surface area contributed by atoms with Crippen LogP contribution in [0.5, 0.6) is 0 Å². The highest BCUT2D eigenvalue weighted by Crippen LogP contribution is 2.25. The number of hydrogen-bond acceptors (Lipinski definition) is 4. The number of aromatic amines is 1. The second-order valence-corrected chi connectivity index (χ2v) is 5.57. The summed E-state index contributed by atoms with van der Waals surface area (Å²) in [7, 11) is 1.91. The zero-order valence-electron chi connectivity index (χ0n) is 14.9. The molecule has 5 nitrogen and oxygen atoms in total. The third-order valence-corrected chi connectivity index (χ3v) is 3.79. The number of aromatic nitrogens is 1. The molecule has 25 heavy (non-hydrogen) atoms. The lowest BCUT2D eigenvalue weighted by molar-refractivity contribution is 0.0170. The van der Waals surface area contributed by atoms with Gasteiger partial charge in [0.25, 0.3) is 0 Å². The van der Waals surface area contributed by atoms with Crippen molar-refractivity contribution in [3.8, 4) is 0 Å². The van der Waals surface area contributed by atoms with Gasteiger partial charge in [-0.3, -0.25) is 0 Å². The van der Waals surface area contributed by atoms with Gasteiger partial charge in [0.15, 0.2) is 0 Å². The zero-order chi connectivity index (χ0) is 17.9. The van der Waals surface area contributed by atoms with E-state index in [2.05, 4.69) is 41.5 Å². The molecule has 0 aliphatic carbocycles. The first kappa shape index (κ1) is 19.4. The minimum atomic E-state index is -0.456. The number of alkyl halides is 1. The molecule has 138 valence electrons. The van der Waals surface area contributed by atoms with E-state index in [4.69, 9.17) is 14.2 Å². The van der Waals surface area contributed by atoms with E-state index in [-0.39, 0.29) is 6.61 Å². The Kier molecular flexibility index (Phi) is 8.45. The van der Waals surface area contributed by atoms with Crippen molar-refractivity contribution < 1.29 is 18.6 Å². The number of ether oxygens (including phenoxy) is 3. The Balaban J connectivity index is 1.70. The fourth-order valence-electron chi connectivity index (χ4n) is 2.54. The second kappa shape index (κ2) is 10.9. The Morgan fingerprint density at radius 3 is 2.52 bits per heavy atom. The topological polar surface area (TPSA) is 55.5 Å². The Morgan fingerprint density at radius 2 is 1.80 bits per heavy atom. The number of fused-ring (bicyclic) bond motifs is 1. The molecule has 2 rings (SSSR count). The molecule has 0 fully saturated rings. The second-order valence-electron chi connectivity index (χ2n) is 5.57. The molecule has 0 unspecified atom stereocenters. The quantitative estimate of drug-likeness (QED) is 0.575. The van der Waals surface area contributed by atoms with Crippen LogP contribution >= 0.6 is 0 Å². The van der Waals surface area contributed by atoms with Gasteiger partial charge in [0.2, 0.25) is 0 Å². The van der Waals surface area contributed by atoms with E-state index >= 15 is 0 Å². The van der Waals surface area contributed by atoms with Crippen LogP contribution in [-0.2, 0) is 14.2 Å². The summed E-state index contributed by atoms with van der Waals surface area (Å²) in [6, 6.07) is 6.28. The van der Waals surface area contributed by atoms with Gasteiger partial charge in [-0.25, -0.2) is 4.39 Å². The average Bonchev–Trinajstić information content (AvgIpc) is 2.94. The van der Waals surface area contributed by atoms with E-state index < -0.39 is 6.67 Å². The van der Waals surface area contributed by atoms with E-state index in [1.165, 1.54) is 10.9 Å². The molecular weight excluding hydrogens is 323 g/mol. The van der Waals surface area contributed by atoms with Crippen LogP contribution in [0.15, 0.2) is 24.3 Å². The lowest BCUT2D eigenvalue weighted by Crippen LogP contribution is -2.10. The van der Waals surface area contributed by atoms with Gasteiger partial charge in [0, 0.05) is 34.9 Å². The number of H-pyrrole nitrogens is 1. The molecule has 0 spiro atoms. The molecule has 0 atom stereocenters. The van der Waals surface area contributed by atoms with Crippen molar-refractivity contribution >= 4 is 22.7 Å². The SMILES string of the molecule is CNc1ccc2c(/C=C\COCCOCCOCCF)c(C)[nH]c2c1. The van der Waals surface area contributed by atoms with Crippen LogP contribution < -0.4 is 5.32 Å². The summed E-state index contributed by atoms with van der Waals surface area (Å²) in [5.74, 6) is 0. The monoisotopic (exact) mass is 350 g/mol. The van der Waals surface area contributed by atoms with Crippen molar-refractivity contribution in [2.75, 3.05) is 58.7 Å². The van der Waals surface area contributed by atoms with Crippen LogP contribution in [0.2, 0.25) is 0 Å². The number of rotatable bonds is 12. The molecule has 1 heterocycles. The van der Waals surface area contributed by atoms with Gasteiger partial charge in [-0.1, -0.05) is 18.2 Å². The zero-order valence-corrected chi connectivity index (χ0v) is 14.9. The van der Waals surface area contributed by atoms with Gasteiger partial charge in [-0.2, -0.15) is 0 Å². The first-order valence-corrected chi connectivity index (χ1v) is 8.52. The number of benzene rings is 1. The highest BCUT2D eigenvalue weighted by molar-refractivity contribution is 5.92. The fourth-order valence-corrected chi connectivity index (χ4v) is 2.54. The fraction of sp³-hybridized carbons (Fsp3) is 0.474. The van der Waals surface area contributed by atoms with E-state index in [0.717, 1.165) is 16.9 Å². The summed E-state index contributed by atoms with van der Waals surface area (Å²) in [6.45, 7) is 4.18.